The van der Waals surface area contributed by atoms with Gasteiger partial charge in [-0.15, -0.1) is 11.3 Å². The van der Waals surface area contributed by atoms with Crippen LogP contribution >= 0.6 is 11.3 Å². The lowest BCUT2D eigenvalue weighted by molar-refractivity contribution is -0.123. The van der Waals surface area contributed by atoms with Crippen LogP contribution in [0.2, 0.25) is 0 Å². The van der Waals surface area contributed by atoms with Gasteiger partial charge in [0.15, 0.2) is 0 Å². The van der Waals surface area contributed by atoms with Gasteiger partial charge in [0.1, 0.15) is 5.75 Å². The predicted molar refractivity (Wildman–Crippen MR) is 119 cm³/mol. The molecule has 6 nitrogen and oxygen atoms in total. The standard InChI is InChI=1S/C23H31N3O3S/c1-17(27)25-22(19-5-7-20(29-2)8-6-19)14-23(28)24-15-18-9-11-26(12-10-18)16-21-4-3-13-30-21/h3-8,13,18,22H,9-12,14-16H2,1-2H3,(H,24,28)(H,25,27). The third-order valence-corrected chi connectivity index (χ3v) is 6.40. The fourth-order valence-corrected chi connectivity index (χ4v) is 4.57. The Morgan fingerprint density at radius 1 is 1.20 bits per heavy atom. The number of nitrogens with one attached hydrogen (secondary N) is 2. The lowest BCUT2D eigenvalue weighted by Gasteiger charge is -2.31. The van der Waals surface area contributed by atoms with Crippen molar-refractivity contribution in [1.29, 1.82) is 0 Å². The number of piperidine rings is 1. The van der Waals surface area contributed by atoms with Crippen molar-refractivity contribution >= 4 is 23.2 Å². The first kappa shape index (κ1) is 22.3. The van der Waals surface area contributed by atoms with E-state index in [9.17, 15) is 9.59 Å². The first-order valence-corrected chi connectivity index (χ1v) is 11.3. The van der Waals surface area contributed by atoms with Gasteiger partial charge in [-0.25, -0.2) is 0 Å². The Bertz CT molecular complexity index is 800. The van der Waals surface area contributed by atoms with Gasteiger partial charge in [0.05, 0.1) is 19.6 Å². The monoisotopic (exact) mass is 429 g/mol. The highest BCUT2D eigenvalue weighted by Gasteiger charge is 2.21. The lowest BCUT2D eigenvalue weighted by Crippen LogP contribution is -2.39. The maximum atomic E-state index is 12.6. The summed E-state index contributed by atoms with van der Waals surface area (Å²) in [6.45, 7) is 5.33. The van der Waals surface area contributed by atoms with Gasteiger partial charge >= 0.3 is 0 Å². The van der Waals surface area contributed by atoms with Crippen LogP contribution in [-0.4, -0.2) is 43.5 Å². The van der Waals surface area contributed by atoms with E-state index in [4.69, 9.17) is 4.74 Å². The average Bonchev–Trinajstić information content (AvgIpc) is 3.25. The van der Waals surface area contributed by atoms with Gasteiger partial charge in [-0.2, -0.15) is 0 Å². The summed E-state index contributed by atoms with van der Waals surface area (Å²) in [7, 11) is 1.61. The van der Waals surface area contributed by atoms with Crippen molar-refractivity contribution in [2.45, 2.75) is 38.8 Å². The van der Waals surface area contributed by atoms with E-state index in [2.05, 4.69) is 33.0 Å². The van der Waals surface area contributed by atoms with E-state index in [0.717, 1.165) is 43.8 Å². The van der Waals surface area contributed by atoms with Gasteiger partial charge in [0.25, 0.3) is 0 Å². The number of hydrogen-bond donors (Lipinski definition) is 2. The molecule has 0 aliphatic carbocycles. The second-order valence-electron chi connectivity index (χ2n) is 7.83. The summed E-state index contributed by atoms with van der Waals surface area (Å²) < 4.78 is 5.18. The Morgan fingerprint density at radius 2 is 1.93 bits per heavy atom. The molecule has 2 N–H and O–H groups in total. The normalized spacial score (nSPS) is 16.1. The van der Waals surface area contributed by atoms with E-state index in [1.807, 2.05) is 24.3 Å². The first-order valence-electron chi connectivity index (χ1n) is 10.5. The van der Waals surface area contributed by atoms with Gasteiger partial charge in [0.2, 0.25) is 11.8 Å². The third kappa shape index (κ3) is 6.85. The average molecular weight is 430 g/mol. The number of ether oxygens (including phenoxy) is 1. The molecule has 7 heteroatoms. The molecule has 0 saturated carbocycles. The van der Waals surface area contributed by atoms with E-state index in [1.54, 1.807) is 18.4 Å². The first-order chi connectivity index (χ1) is 14.5. The van der Waals surface area contributed by atoms with Crippen molar-refractivity contribution in [1.82, 2.24) is 15.5 Å². The summed E-state index contributed by atoms with van der Waals surface area (Å²) >= 11 is 1.81. The van der Waals surface area contributed by atoms with Crippen LogP contribution in [0.25, 0.3) is 0 Å². The number of benzene rings is 1. The Kier molecular flexibility index (Phi) is 8.28. The number of carbonyl (C=O) groups excluding carboxylic acids is 2. The topological polar surface area (TPSA) is 70.7 Å². The molecule has 2 heterocycles. The summed E-state index contributed by atoms with van der Waals surface area (Å²) in [4.78, 5) is 28.1. The third-order valence-electron chi connectivity index (χ3n) is 5.54. The molecule has 1 aromatic carbocycles. The molecule has 1 atom stereocenters. The Labute approximate surface area is 182 Å². The molecule has 1 fully saturated rings. The minimum atomic E-state index is -0.346. The Balaban J connectivity index is 1.44. The van der Waals surface area contributed by atoms with Gasteiger partial charge in [0, 0.05) is 24.9 Å². The minimum absolute atomic E-state index is 0.0365. The highest BCUT2D eigenvalue weighted by molar-refractivity contribution is 7.09. The van der Waals surface area contributed by atoms with Crippen LogP contribution in [0.1, 0.15) is 42.7 Å². The molecule has 1 aromatic heterocycles. The minimum Gasteiger partial charge on any atom is -0.497 e. The van der Waals surface area contributed by atoms with Gasteiger partial charge < -0.3 is 15.4 Å². The fraction of sp³-hybridized carbons (Fsp3) is 0.478. The van der Waals surface area contributed by atoms with Crippen LogP contribution in [0.15, 0.2) is 41.8 Å². The summed E-state index contributed by atoms with van der Waals surface area (Å²) in [5.74, 6) is 1.07. The number of amides is 2. The largest absolute Gasteiger partial charge is 0.497 e. The zero-order valence-electron chi connectivity index (χ0n) is 17.7. The van der Waals surface area contributed by atoms with Crippen LogP contribution in [0.5, 0.6) is 5.75 Å². The Morgan fingerprint density at radius 3 is 2.53 bits per heavy atom. The molecule has 0 spiro atoms. The smallest absolute Gasteiger partial charge is 0.222 e. The van der Waals surface area contributed by atoms with E-state index in [-0.39, 0.29) is 24.3 Å². The van der Waals surface area contributed by atoms with E-state index < -0.39 is 0 Å². The molecule has 1 unspecified atom stereocenters. The van der Waals surface area contributed by atoms with Gasteiger partial charge in [-0.05, 0) is 61.0 Å². The Hall–Kier alpha value is -2.38. The second-order valence-corrected chi connectivity index (χ2v) is 8.87. The van der Waals surface area contributed by atoms with Crippen molar-refractivity contribution in [3.63, 3.8) is 0 Å². The summed E-state index contributed by atoms with van der Waals surface area (Å²) in [6.07, 6.45) is 2.42. The number of hydrogen-bond acceptors (Lipinski definition) is 5. The van der Waals surface area contributed by atoms with E-state index >= 15 is 0 Å². The number of carbonyl (C=O) groups is 2. The molecular weight excluding hydrogens is 398 g/mol. The molecule has 162 valence electrons. The number of likely N-dealkylation sites (tertiary alicyclic amines) is 1. The molecule has 1 saturated heterocycles. The maximum Gasteiger partial charge on any atom is 0.222 e. The van der Waals surface area contributed by atoms with Crippen LogP contribution in [0.4, 0.5) is 0 Å². The summed E-state index contributed by atoms with van der Waals surface area (Å²) in [5, 5.41) is 8.08. The summed E-state index contributed by atoms with van der Waals surface area (Å²) in [6, 6.07) is 11.4. The lowest BCUT2D eigenvalue weighted by atomic mass is 9.96. The van der Waals surface area contributed by atoms with Crippen molar-refractivity contribution in [3.8, 4) is 5.75 Å². The van der Waals surface area contributed by atoms with Crippen LogP contribution in [0, 0.1) is 5.92 Å². The molecule has 0 radical (unpaired) electrons. The number of rotatable bonds is 9. The van der Waals surface area contributed by atoms with Crippen molar-refractivity contribution in [3.05, 3.63) is 52.2 Å². The van der Waals surface area contributed by atoms with Crippen LogP contribution < -0.4 is 15.4 Å². The van der Waals surface area contributed by atoms with Crippen LogP contribution in [-0.2, 0) is 16.1 Å². The van der Waals surface area contributed by atoms with Crippen molar-refractivity contribution in [2.24, 2.45) is 5.92 Å². The molecule has 3 rings (SSSR count). The highest BCUT2D eigenvalue weighted by Crippen LogP contribution is 2.22. The molecule has 1 aliphatic rings. The molecule has 2 aromatic rings. The van der Waals surface area contributed by atoms with Crippen molar-refractivity contribution in [2.75, 3.05) is 26.7 Å². The predicted octanol–water partition coefficient (Wildman–Crippen LogP) is 3.35. The van der Waals surface area contributed by atoms with Gasteiger partial charge in [-0.3, -0.25) is 14.5 Å². The van der Waals surface area contributed by atoms with E-state index in [1.165, 1.54) is 11.8 Å². The molecule has 0 bridgehead atoms. The number of methoxy groups -OCH3 is 1. The zero-order chi connectivity index (χ0) is 21.3. The molecule has 2 amide bonds. The summed E-state index contributed by atoms with van der Waals surface area (Å²) in [5.41, 5.74) is 0.892. The zero-order valence-corrected chi connectivity index (χ0v) is 18.5. The molecule has 30 heavy (non-hydrogen) atoms. The fourth-order valence-electron chi connectivity index (χ4n) is 3.82. The maximum absolute atomic E-state index is 12.6. The molecular formula is C23H31N3O3S. The number of nitrogens with zero attached hydrogens (tertiary/aromatic N) is 1. The number of thiophene rings is 1. The second kappa shape index (κ2) is 11.1. The molecule has 1 aliphatic heterocycles. The van der Waals surface area contributed by atoms with E-state index in [0.29, 0.717) is 12.5 Å². The SMILES string of the molecule is COc1ccc(C(CC(=O)NCC2CCN(Cc3cccs3)CC2)NC(C)=O)cc1. The quantitative estimate of drug-likeness (QED) is 0.641. The highest BCUT2D eigenvalue weighted by atomic mass is 32.1. The van der Waals surface area contributed by atoms with Gasteiger partial charge in [-0.1, -0.05) is 18.2 Å². The van der Waals surface area contributed by atoms with Crippen molar-refractivity contribution < 1.29 is 14.3 Å². The van der Waals surface area contributed by atoms with Crippen LogP contribution in [0.3, 0.4) is 0 Å².